The number of aliphatic carboxylic acids is 1. The van der Waals surface area contributed by atoms with E-state index in [4.69, 9.17) is 0 Å². The second-order valence-corrected chi connectivity index (χ2v) is 5.97. The van der Waals surface area contributed by atoms with Crippen LogP contribution in [0.5, 0.6) is 0 Å². The van der Waals surface area contributed by atoms with E-state index in [1.54, 1.807) is 0 Å². The predicted molar refractivity (Wildman–Crippen MR) is 78.4 cm³/mol. The maximum atomic E-state index is 11.6. The second-order valence-electron chi connectivity index (χ2n) is 5.97. The van der Waals surface area contributed by atoms with E-state index >= 15 is 0 Å². The molecule has 3 atom stereocenters. The van der Waals surface area contributed by atoms with Crippen LogP contribution in [0.15, 0.2) is 0 Å². The fourth-order valence-electron chi connectivity index (χ4n) is 3.34. The zero-order chi connectivity index (χ0) is 14.5. The van der Waals surface area contributed by atoms with Gasteiger partial charge in [-0.2, -0.15) is 0 Å². The summed E-state index contributed by atoms with van der Waals surface area (Å²) in [6, 6.07) is 0.909. The van der Waals surface area contributed by atoms with Crippen molar-refractivity contribution >= 4 is 5.97 Å². The molecule has 0 aromatic rings. The number of rotatable bonds is 7. The lowest BCUT2D eigenvalue weighted by atomic mass is 9.78. The highest BCUT2D eigenvalue weighted by molar-refractivity contribution is 5.79. The van der Waals surface area contributed by atoms with Crippen molar-refractivity contribution in [3.63, 3.8) is 0 Å². The van der Waals surface area contributed by atoms with Crippen molar-refractivity contribution in [1.82, 2.24) is 10.2 Å². The van der Waals surface area contributed by atoms with Crippen LogP contribution in [-0.4, -0.2) is 47.2 Å². The second kappa shape index (κ2) is 7.25. The molecular formula is C15H30N2O2. The molecular weight excluding hydrogens is 240 g/mol. The molecule has 1 saturated carbocycles. The first-order valence-electron chi connectivity index (χ1n) is 7.67. The van der Waals surface area contributed by atoms with Gasteiger partial charge in [0.25, 0.3) is 0 Å². The summed E-state index contributed by atoms with van der Waals surface area (Å²) in [5, 5.41) is 12.8. The average molecular weight is 270 g/mol. The van der Waals surface area contributed by atoms with Gasteiger partial charge in [0.1, 0.15) is 5.54 Å². The fourth-order valence-corrected chi connectivity index (χ4v) is 3.34. The monoisotopic (exact) mass is 270 g/mol. The summed E-state index contributed by atoms with van der Waals surface area (Å²) < 4.78 is 0. The van der Waals surface area contributed by atoms with Gasteiger partial charge in [-0.25, -0.2) is 0 Å². The molecule has 4 nitrogen and oxygen atoms in total. The predicted octanol–water partition coefficient (Wildman–Crippen LogP) is 2.48. The van der Waals surface area contributed by atoms with Gasteiger partial charge in [0.15, 0.2) is 0 Å². The van der Waals surface area contributed by atoms with Gasteiger partial charge in [-0.3, -0.25) is 4.79 Å². The number of carboxylic acid groups (broad SMARTS) is 1. The number of hydrogen-bond donors (Lipinski definition) is 2. The molecule has 3 unspecified atom stereocenters. The van der Waals surface area contributed by atoms with E-state index in [9.17, 15) is 9.90 Å². The van der Waals surface area contributed by atoms with Gasteiger partial charge in [0.2, 0.25) is 0 Å². The van der Waals surface area contributed by atoms with E-state index in [2.05, 4.69) is 31.1 Å². The van der Waals surface area contributed by atoms with Crippen LogP contribution in [0.25, 0.3) is 0 Å². The van der Waals surface area contributed by atoms with E-state index in [1.807, 2.05) is 6.92 Å². The van der Waals surface area contributed by atoms with Gasteiger partial charge in [0.05, 0.1) is 0 Å². The summed E-state index contributed by atoms with van der Waals surface area (Å²) in [6.45, 7) is 7.14. The molecule has 19 heavy (non-hydrogen) atoms. The van der Waals surface area contributed by atoms with Crippen LogP contribution >= 0.6 is 0 Å². The Hall–Kier alpha value is -0.610. The number of likely N-dealkylation sites (N-methyl/N-ethyl adjacent to an activating group) is 1. The zero-order valence-electron chi connectivity index (χ0n) is 12.9. The molecule has 0 saturated heterocycles. The molecule has 0 bridgehead atoms. The van der Waals surface area contributed by atoms with Crippen molar-refractivity contribution in [1.29, 1.82) is 0 Å². The summed E-state index contributed by atoms with van der Waals surface area (Å²) in [5.41, 5.74) is -0.710. The Morgan fingerprint density at radius 3 is 2.74 bits per heavy atom. The number of nitrogens with zero attached hydrogens (tertiary/aromatic N) is 1. The minimum absolute atomic E-state index is 0.380. The summed E-state index contributed by atoms with van der Waals surface area (Å²) in [5.74, 6) is -0.685. The highest BCUT2D eigenvalue weighted by Gasteiger charge is 2.43. The van der Waals surface area contributed by atoms with Crippen molar-refractivity contribution in [2.24, 2.45) is 0 Å². The number of carbonyl (C=O) groups is 1. The Balaban J connectivity index is 2.74. The Bertz CT molecular complexity index is 292. The van der Waals surface area contributed by atoms with Gasteiger partial charge in [0, 0.05) is 12.1 Å². The molecule has 0 radical (unpaired) electrons. The van der Waals surface area contributed by atoms with Crippen molar-refractivity contribution in [2.45, 2.75) is 76.9 Å². The van der Waals surface area contributed by atoms with Gasteiger partial charge >= 0.3 is 5.97 Å². The molecule has 4 heteroatoms. The van der Waals surface area contributed by atoms with Gasteiger partial charge in [-0.05, 0) is 52.6 Å². The maximum absolute atomic E-state index is 11.6. The molecule has 0 spiro atoms. The summed E-state index contributed by atoms with van der Waals surface area (Å²) >= 11 is 0. The summed E-state index contributed by atoms with van der Waals surface area (Å²) in [6.07, 6.45) is 5.94. The SMILES string of the molecule is CCCC(C)N(C)C1CCCC(NCC)(C(=O)O)C1. The molecule has 0 aromatic carbocycles. The molecule has 0 amide bonds. The van der Waals surface area contributed by atoms with Crippen LogP contribution in [0, 0.1) is 0 Å². The van der Waals surface area contributed by atoms with Crippen LogP contribution in [-0.2, 0) is 4.79 Å². The highest BCUT2D eigenvalue weighted by Crippen LogP contribution is 2.32. The number of nitrogens with one attached hydrogen (secondary N) is 1. The third kappa shape index (κ3) is 3.93. The van der Waals surface area contributed by atoms with Crippen LogP contribution in [0.4, 0.5) is 0 Å². The molecule has 0 aliphatic heterocycles. The van der Waals surface area contributed by atoms with E-state index in [-0.39, 0.29) is 0 Å². The van der Waals surface area contributed by atoms with Crippen molar-refractivity contribution < 1.29 is 9.90 Å². The number of hydrogen-bond acceptors (Lipinski definition) is 3. The largest absolute Gasteiger partial charge is 0.480 e. The Morgan fingerprint density at radius 2 is 2.21 bits per heavy atom. The quantitative estimate of drug-likeness (QED) is 0.746. The van der Waals surface area contributed by atoms with E-state index < -0.39 is 11.5 Å². The summed E-state index contributed by atoms with van der Waals surface area (Å²) in [7, 11) is 2.15. The minimum Gasteiger partial charge on any atom is -0.480 e. The molecule has 1 aliphatic carbocycles. The van der Waals surface area contributed by atoms with Gasteiger partial charge in [-0.15, -0.1) is 0 Å². The third-order valence-electron chi connectivity index (χ3n) is 4.63. The zero-order valence-corrected chi connectivity index (χ0v) is 12.9. The van der Waals surface area contributed by atoms with Gasteiger partial charge < -0.3 is 15.3 Å². The summed E-state index contributed by atoms with van der Waals surface area (Å²) in [4.78, 5) is 14.0. The first-order valence-corrected chi connectivity index (χ1v) is 7.67. The Morgan fingerprint density at radius 1 is 1.53 bits per heavy atom. The molecule has 1 fully saturated rings. The van der Waals surface area contributed by atoms with E-state index in [0.29, 0.717) is 18.6 Å². The Labute approximate surface area is 117 Å². The van der Waals surface area contributed by atoms with Crippen LogP contribution in [0.3, 0.4) is 0 Å². The molecule has 1 aliphatic rings. The van der Waals surface area contributed by atoms with Crippen molar-refractivity contribution in [3.05, 3.63) is 0 Å². The van der Waals surface area contributed by atoms with Crippen molar-refractivity contribution in [3.8, 4) is 0 Å². The molecule has 1 rings (SSSR count). The molecule has 0 aromatic heterocycles. The topological polar surface area (TPSA) is 52.6 Å². The van der Waals surface area contributed by atoms with Crippen LogP contribution in [0.2, 0.25) is 0 Å². The lowest BCUT2D eigenvalue weighted by Crippen LogP contribution is -2.58. The fraction of sp³-hybridized carbons (Fsp3) is 0.933. The first kappa shape index (κ1) is 16.4. The van der Waals surface area contributed by atoms with Crippen molar-refractivity contribution in [2.75, 3.05) is 13.6 Å². The normalized spacial score (nSPS) is 29.4. The smallest absolute Gasteiger partial charge is 0.323 e. The molecule has 0 heterocycles. The average Bonchev–Trinajstić information content (AvgIpc) is 2.38. The van der Waals surface area contributed by atoms with E-state index in [1.165, 1.54) is 12.8 Å². The third-order valence-corrected chi connectivity index (χ3v) is 4.63. The van der Waals surface area contributed by atoms with Crippen LogP contribution < -0.4 is 5.32 Å². The highest BCUT2D eigenvalue weighted by atomic mass is 16.4. The molecule has 2 N–H and O–H groups in total. The minimum atomic E-state index is -0.710. The maximum Gasteiger partial charge on any atom is 0.323 e. The van der Waals surface area contributed by atoms with Crippen LogP contribution in [0.1, 0.15) is 59.3 Å². The van der Waals surface area contributed by atoms with E-state index in [0.717, 1.165) is 25.7 Å². The standard InChI is InChI=1S/C15H30N2O2/c1-5-8-12(3)17(4)13-9-7-10-15(11-13,14(18)19)16-6-2/h12-13,16H,5-11H2,1-4H3,(H,18,19). The molecule has 112 valence electrons. The van der Waals surface area contributed by atoms with Gasteiger partial charge in [-0.1, -0.05) is 20.3 Å². The Kier molecular flexibility index (Phi) is 6.27. The number of carboxylic acids is 1. The lowest BCUT2D eigenvalue weighted by molar-refractivity contribution is -0.147. The lowest BCUT2D eigenvalue weighted by Gasteiger charge is -2.43. The first-order chi connectivity index (χ1) is 8.96.